The molecule has 0 saturated carbocycles. The Morgan fingerprint density at radius 3 is 2.41 bits per heavy atom. The minimum Gasteiger partial charge on any atom is -0.481 e. The van der Waals surface area contributed by atoms with Crippen molar-refractivity contribution in [3.05, 3.63) is 39.2 Å². The van der Waals surface area contributed by atoms with Gasteiger partial charge in [-0.05, 0) is 95.5 Å². The number of anilines is 2. The second-order valence-electron chi connectivity index (χ2n) is 17.3. The minimum atomic E-state index is -1.21. The fraction of sp³-hybridized carbons (Fsp3) is 0.682. The van der Waals surface area contributed by atoms with Crippen molar-refractivity contribution in [3.8, 4) is 0 Å². The highest BCUT2D eigenvalue weighted by atomic mass is 35.5. The fourth-order valence-electron chi connectivity index (χ4n) is 7.73. The number of carboxylic acid groups (broad SMARTS) is 1. The van der Waals surface area contributed by atoms with Crippen LogP contribution in [0.5, 0.6) is 0 Å². The van der Waals surface area contributed by atoms with E-state index in [1.54, 1.807) is 37.4 Å². The first-order valence-electron chi connectivity index (χ1n) is 21.3. The van der Waals surface area contributed by atoms with Crippen LogP contribution < -0.4 is 16.4 Å². The van der Waals surface area contributed by atoms with Crippen LogP contribution in [0.2, 0.25) is 5.02 Å². The van der Waals surface area contributed by atoms with Crippen molar-refractivity contribution in [2.75, 3.05) is 31.2 Å². The Bertz CT molecular complexity index is 1720. The van der Waals surface area contributed by atoms with Gasteiger partial charge in [0.2, 0.25) is 17.7 Å². The van der Waals surface area contributed by atoms with Gasteiger partial charge in [0.25, 0.3) is 0 Å². The molecule has 1 aromatic carbocycles. The number of amides is 3. The van der Waals surface area contributed by atoms with Gasteiger partial charge in [-0.25, -0.2) is 4.98 Å². The zero-order valence-electron chi connectivity index (χ0n) is 36.6. The van der Waals surface area contributed by atoms with Crippen molar-refractivity contribution in [2.45, 2.75) is 144 Å². The number of esters is 1. The van der Waals surface area contributed by atoms with E-state index < -0.39 is 47.2 Å². The summed E-state index contributed by atoms with van der Waals surface area (Å²) in [4.78, 5) is 76.3. The summed E-state index contributed by atoms with van der Waals surface area (Å²) in [7, 11) is 2.00. The second-order valence-corrected chi connectivity index (χ2v) is 18.6. The zero-order valence-corrected chi connectivity index (χ0v) is 38.2. The van der Waals surface area contributed by atoms with Crippen LogP contribution >= 0.6 is 22.9 Å². The first-order chi connectivity index (χ1) is 27.8. The lowest BCUT2D eigenvalue weighted by Gasteiger charge is -2.40. The van der Waals surface area contributed by atoms with Crippen LogP contribution in [-0.2, 0) is 35.1 Å². The number of carbonyl (C=O) groups is 5. The van der Waals surface area contributed by atoms with E-state index in [1.165, 1.54) is 18.3 Å². The standard InChI is InChI=1S/C44H69ClN6O7S/c1-10-12-13-15-21-51(42(55)38(28(5)11-2)40(54)49-37-17-14-16-20-50(37)9)34(27(3)4)24-35(58-29(6)52)41-48-36(26-59-41)47-39(53)31(25-44(7,8)43(56)57)22-30-18-19-33(46)32(45)23-30/h18-19,23,26-28,31,34-35,37-38H,10-17,20-22,24-25,46H2,1-9H3,(H,47,53)(H,49,54)(H,56,57)/t28-,31-,34+,35+,37+,38-/m0/s1. The first kappa shape index (κ1) is 49.6. The van der Waals surface area contributed by atoms with Crippen molar-refractivity contribution in [1.29, 1.82) is 0 Å². The molecule has 0 bridgehead atoms. The number of hydrogen-bond acceptors (Lipinski definition) is 10. The van der Waals surface area contributed by atoms with Crippen LogP contribution in [0.3, 0.4) is 0 Å². The number of piperidine rings is 1. The van der Waals surface area contributed by atoms with Gasteiger partial charge < -0.3 is 31.1 Å². The maximum atomic E-state index is 14.9. The summed E-state index contributed by atoms with van der Waals surface area (Å²) in [5.74, 6) is -4.17. The summed E-state index contributed by atoms with van der Waals surface area (Å²) >= 11 is 7.49. The van der Waals surface area contributed by atoms with Crippen LogP contribution in [-0.4, -0.2) is 81.9 Å². The average Bonchev–Trinajstić information content (AvgIpc) is 3.63. The monoisotopic (exact) mass is 860 g/mol. The molecule has 0 radical (unpaired) electrons. The number of thiazole rings is 1. The Labute approximate surface area is 360 Å². The number of benzene rings is 1. The van der Waals surface area contributed by atoms with Crippen molar-refractivity contribution in [3.63, 3.8) is 0 Å². The van der Waals surface area contributed by atoms with Gasteiger partial charge in [-0.15, -0.1) is 11.3 Å². The number of aromatic nitrogens is 1. The molecule has 3 amide bonds. The highest BCUT2D eigenvalue weighted by Gasteiger charge is 2.41. The number of halogens is 1. The van der Waals surface area contributed by atoms with Crippen LogP contribution in [0.15, 0.2) is 23.6 Å². The van der Waals surface area contributed by atoms with Gasteiger partial charge in [-0.3, -0.25) is 28.9 Å². The molecule has 59 heavy (non-hydrogen) atoms. The normalized spacial score (nSPS) is 17.4. The molecule has 6 atom stereocenters. The molecule has 1 fully saturated rings. The first-order valence-corrected chi connectivity index (χ1v) is 22.6. The topological polar surface area (TPSA) is 184 Å². The molecule has 3 rings (SSSR count). The lowest BCUT2D eigenvalue weighted by atomic mass is 9.80. The number of carboxylic acids is 1. The number of nitrogens with two attached hydrogens (primary N) is 1. The van der Waals surface area contributed by atoms with E-state index in [0.717, 1.165) is 57.1 Å². The summed E-state index contributed by atoms with van der Waals surface area (Å²) < 4.78 is 5.92. The molecule has 0 unspecified atom stereocenters. The largest absolute Gasteiger partial charge is 0.481 e. The molecule has 330 valence electrons. The number of carbonyl (C=O) groups excluding carboxylic acids is 4. The maximum Gasteiger partial charge on any atom is 0.309 e. The Hall–Kier alpha value is -3.75. The Morgan fingerprint density at radius 2 is 1.81 bits per heavy atom. The van der Waals surface area contributed by atoms with E-state index in [1.807, 2.05) is 39.6 Å². The third kappa shape index (κ3) is 14.7. The van der Waals surface area contributed by atoms with Gasteiger partial charge in [0, 0.05) is 37.2 Å². The van der Waals surface area contributed by atoms with E-state index in [9.17, 15) is 29.1 Å². The van der Waals surface area contributed by atoms with Crippen molar-refractivity contribution < 1.29 is 33.8 Å². The van der Waals surface area contributed by atoms with E-state index >= 15 is 0 Å². The molecule has 1 aliphatic rings. The summed E-state index contributed by atoms with van der Waals surface area (Å²) in [6.45, 7) is 15.9. The molecule has 2 aromatic rings. The number of nitrogens with one attached hydrogen (secondary N) is 2. The van der Waals surface area contributed by atoms with E-state index in [-0.39, 0.29) is 54.9 Å². The number of nitrogen functional groups attached to an aromatic ring is 1. The predicted octanol–water partition coefficient (Wildman–Crippen LogP) is 8.33. The van der Waals surface area contributed by atoms with Crippen LogP contribution in [0, 0.1) is 29.1 Å². The number of rotatable bonds is 23. The summed E-state index contributed by atoms with van der Waals surface area (Å²) in [5, 5.41) is 18.4. The number of nitrogens with zero attached hydrogens (tertiary/aromatic N) is 3. The van der Waals surface area contributed by atoms with Crippen molar-refractivity contribution in [1.82, 2.24) is 20.1 Å². The number of hydrogen-bond donors (Lipinski definition) is 4. The summed E-state index contributed by atoms with van der Waals surface area (Å²) in [6.07, 6.45) is 6.78. The molecule has 1 aromatic heterocycles. The number of unbranched alkanes of at least 4 members (excludes halogenated alkanes) is 3. The van der Waals surface area contributed by atoms with Gasteiger partial charge in [0.1, 0.15) is 16.7 Å². The van der Waals surface area contributed by atoms with E-state index in [0.29, 0.717) is 28.7 Å². The fourth-order valence-corrected chi connectivity index (χ4v) is 8.72. The highest BCUT2D eigenvalue weighted by Crippen LogP contribution is 2.35. The quantitative estimate of drug-likeness (QED) is 0.0367. The van der Waals surface area contributed by atoms with Crippen molar-refractivity contribution >= 4 is 64.1 Å². The number of aliphatic carboxylic acids is 1. The predicted molar refractivity (Wildman–Crippen MR) is 235 cm³/mol. The SMILES string of the molecule is CCCCCCN(C(=O)[C@H](C(=O)N[C@H]1CCCCN1C)[C@@H](C)CC)[C@H](C[C@@H](OC(C)=O)c1nc(NC(=O)[C@@H](Cc2ccc(N)c(Cl)c2)CC(C)(C)C(=O)O)cs1)C(C)C. The summed E-state index contributed by atoms with van der Waals surface area (Å²) in [6, 6.07) is 4.67. The molecule has 15 heteroatoms. The van der Waals surface area contributed by atoms with Gasteiger partial charge in [-0.2, -0.15) is 0 Å². The Kier molecular flexibility index (Phi) is 19.6. The van der Waals surface area contributed by atoms with E-state index in [4.69, 9.17) is 27.1 Å². The Balaban J connectivity index is 1.95. The van der Waals surface area contributed by atoms with Crippen LogP contribution in [0.4, 0.5) is 11.5 Å². The third-order valence-corrected chi connectivity index (χ3v) is 12.9. The Morgan fingerprint density at radius 1 is 1.10 bits per heavy atom. The average molecular weight is 862 g/mol. The molecule has 0 spiro atoms. The smallest absolute Gasteiger partial charge is 0.309 e. The van der Waals surface area contributed by atoms with Gasteiger partial charge >= 0.3 is 11.9 Å². The van der Waals surface area contributed by atoms with Crippen molar-refractivity contribution in [2.24, 2.45) is 29.1 Å². The molecule has 0 aliphatic carbocycles. The molecular formula is C44H69ClN6O7S. The van der Waals surface area contributed by atoms with Gasteiger partial charge in [0.05, 0.1) is 22.3 Å². The lowest BCUT2D eigenvalue weighted by molar-refractivity contribution is -0.151. The van der Waals surface area contributed by atoms with E-state index in [2.05, 4.69) is 22.5 Å². The molecule has 1 saturated heterocycles. The maximum absolute atomic E-state index is 14.9. The second kappa shape index (κ2) is 23.3. The van der Waals surface area contributed by atoms with Gasteiger partial charge in [-0.1, -0.05) is 78.0 Å². The highest BCUT2D eigenvalue weighted by molar-refractivity contribution is 7.10. The lowest BCUT2D eigenvalue weighted by Crippen LogP contribution is -2.56. The zero-order chi connectivity index (χ0) is 44.0. The summed E-state index contributed by atoms with van der Waals surface area (Å²) in [5.41, 5.74) is 5.82. The number of ether oxygens (including phenoxy) is 1. The minimum absolute atomic E-state index is 0.0361. The molecular weight excluding hydrogens is 792 g/mol. The van der Waals surface area contributed by atoms with Gasteiger partial charge in [0.15, 0.2) is 6.10 Å². The molecule has 2 heterocycles. The third-order valence-electron chi connectivity index (χ3n) is 11.6. The molecule has 1 aliphatic heterocycles. The molecule has 5 N–H and O–H groups in total. The number of likely N-dealkylation sites (tertiary alicyclic amines) is 1. The molecule has 13 nitrogen and oxygen atoms in total. The van der Waals surface area contributed by atoms with Crippen LogP contribution in [0.1, 0.15) is 136 Å². The van der Waals surface area contributed by atoms with Crippen LogP contribution in [0.25, 0.3) is 0 Å².